The molecule has 0 spiro atoms. The van der Waals surface area contributed by atoms with E-state index in [0.717, 1.165) is 4.47 Å². The Hall–Kier alpha value is -0.960. The number of hydrogen-bond donors (Lipinski definition) is 3. The van der Waals surface area contributed by atoms with Gasteiger partial charge in [-0.15, -0.1) is 0 Å². The number of carbonyl (C=O) groups is 1. The first-order valence-electron chi connectivity index (χ1n) is 5.53. The van der Waals surface area contributed by atoms with Gasteiger partial charge in [-0.25, -0.2) is 8.42 Å². The van der Waals surface area contributed by atoms with Gasteiger partial charge in [0.2, 0.25) is 15.9 Å². The van der Waals surface area contributed by atoms with Crippen LogP contribution in [0.15, 0.2) is 33.6 Å². The molecule has 1 atom stereocenters. The molecular formula is C11H15BrN2O4S. The highest BCUT2D eigenvalue weighted by Crippen LogP contribution is 2.14. The van der Waals surface area contributed by atoms with Gasteiger partial charge >= 0.3 is 0 Å². The summed E-state index contributed by atoms with van der Waals surface area (Å²) in [6.45, 7) is 1.32. The Balaban J connectivity index is 2.74. The summed E-state index contributed by atoms with van der Waals surface area (Å²) in [6.07, 6.45) is 0. The maximum Gasteiger partial charge on any atom is 0.241 e. The van der Waals surface area contributed by atoms with E-state index in [9.17, 15) is 13.2 Å². The maximum absolute atomic E-state index is 12.0. The molecule has 3 N–H and O–H groups in total. The summed E-state index contributed by atoms with van der Waals surface area (Å²) in [5.41, 5.74) is 0. The van der Waals surface area contributed by atoms with Crippen molar-refractivity contribution < 1.29 is 18.3 Å². The van der Waals surface area contributed by atoms with Crippen molar-refractivity contribution in [2.24, 2.45) is 0 Å². The summed E-state index contributed by atoms with van der Waals surface area (Å²) in [6, 6.07) is 5.16. The molecule has 1 aromatic rings. The van der Waals surface area contributed by atoms with E-state index in [1.165, 1.54) is 19.1 Å². The molecular weight excluding hydrogens is 336 g/mol. The molecule has 0 unspecified atom stereocenters. The summed E-state index contributed by atoms with van der Waals surface area (Å²) < 4.78 is 27.0. The number of amides is 1. The molecule has 19 heavy (non-hydrogen) atoms. The molecule has 1 aromatic carbocycles. The van der Waals surface area contributed by atoms with Crippen molar-refractivity contribution in [1.29, 1.82) is 0 Å². The van der Waals surface area contributed by atoms with Crippen molar-refractivity contribution in [2.45, 2.75) is 17.9 Å². The van der Waals surface area contributed by atoms with E-state index in [1.54, 1.807) is 12.1 Å². The number of halogens is 1. The van der Waals surface area contributed by atoms with E-state index >= 15 is 0 Å². The highest BCUT2D eigenvalue weighted by Gasteiger charge is 2.21. The lowest BCUT2D eigenvalue weighted by atomic mass is 10.3. The first kappa shape index (κ1) is 16.1. The first-order valence-corrected chi connectivity index (χ1v) is 7.81. The lowest BCUT2D eigenvalue weighted by Gasteiger charge is -2.14. The Kier molecular flexibility index (Phi) is 5.92. The molecule has 8 heteroatoms. The molecule has 0 saturated heterocycles. The van der Waals surface area contributed by atoms with Crippen molar-refractivity contribution in [3.8, 4) is 0 Å². The van der Waals surface area contributed by atoms with Gasteiger partial charge in [0.1, 0.15) is 0 Å². The standard InChI is InChI=1S/C11H15BrN2O4S/c1-8(11(16)13-6-7-15)14-19(17,18)10-4-2-9(12)3-5-10/h2-5,8,14-15H,6-7H2,1H3,(H,13,16)/t8-/m1/s1. The number of sulfonamides is 1. The minimum Gasteiger partial charge on any atom is -0.395 e. The lowest BCUT2D eigenvalue weighted by Crippen LogP contribution is -2.45. The Bertz CT molecular complexity index is 530. The number of aliphatic hydroxyl groups is 1. The molecule has 0 aliphatic heterocycles. The van der Waals surface area contributed by atoms with Crippen LogP contribution in [0, 0.1) is 0 Å². The zero-order valence-electron chi connectivity index (χ0n) is 10.3. The van der Waals surface area contributed by atoms with Gasteiger partial charge in [0, 0.05) is 11.0 Å². The van der Waals surface area contributed by atoms with Gasteiger partial charge in [-0.1, -0.05) is 15.9 Å². The van der Waals surface area contributed by atoms with Crippen molar-refractivity contribution >= 4 is 31.9 Å². The van der Waals surface area contributed by atoms with Crippen molar-refractivity contribution in [1.82, 2.24) is 10.0 Å². The van der Waals surface area contributed by atoms with Gasteiger partial charge in [-0.2, -0.15) is 4.72 Å². The van der Waals surface area contributed by atoms with Crippen LogP contribution < -0.4 is 10.0 Å². The Morgan fingerprint density at radius 2 is 1.95 bits per heavy atom. The van der Waals surface area contributed by atoms with E-state index in [0.29, 0.717) is 0 Å². The molecule has 0 aliphatic carbocycles. The average molecular weight is 351 g/mol. The van der Waals surface area contributed by atoms with Gasteiger partial charge in [0.05, 0.1) is 17.5 Å². The molecule has 1 rings (SSSR count). The van der Waals surface area contributed by atoms with Gasteiger partial charge in [-0.3, -0.25) is 4.79 Å². The molecule has 6 nitrogen and oxygen atoms in total. The van der Waals surface area contributed by atoms with Crippen molar-refractivity contribution in [3.05, 3.63) is 28.7 Å². The largest absolute Gasteiger partial charge is 0.395 e. The highest BCUT2D eigenvalue weighted by molar-refractivity contribution is 9.10. The lowest BCUT2D eigenvalue weighted by molar-refractivity contribution is -0.122. The number of carbonyl (C=O) groups excluding carboxylic acids is 1. The highest BCUT2D eigenvalue weighted by atomic mass is 79.9. The predicted octanol–water partition coefficient (Wildman–Crippen LogP) is 0.224. The number of hydrogen-bond acceptors (Lipinski definition) is 4. The fourth-order valence-corrected chi connectivity index (χ4v) is 2.77. The van der Waals surface area contributed by atoms with Crippen LogP contribution in [0.3, 0.4) is 0 Å². The average Bonchev–Trinajstić information content (AvgIpc) is 2.35. The van der Waals surface area contributed by atoms with Crippen LogP contribution in [-0.2, 0) is 14.8 Å². The third-order valence-corrected chi connectivity index (χ3v) is 4.35. The number of rotatable bonds is 6. The third-order valence-electron chi connectivity index (χ3n) is 2.26. The number of benzene rings is 1. The smallest absolute Gasteiger partial charge is 0.241 e. The zero-order chi connectivity index (χ0) is 14.5. The van der Waals surface area contributed by atoms with E-state index in [-0.39, 0.29) is 18.0 Å². The van der Waals surface area contributed by atoms with Crippen LogP contribution in [0.2, 0.25) is 0 Å². The van der Waals surface area contributed by atoms with E-state index in [4.69, 9.17) is 5.11 Å². The predicted molar refractivity (Wildman–Crippen MR) is 74.0 cm³/mol. The molecule has 106 valence electrons. The second-order valence-corrected chi connectivity index (χ2v) is 6.44. The van der Waals surface area contributed by atoms with E-state index < -0.39 is 22.0 Å². The van der Waals surface area contributed by atoms with Gasteiger partial charge in [0.25, 0.3) is 0 Å². The normalized spacial score (nSPS) is 13.0. The summed E-state index contributed by atoms with van der Waals surface area (Å²) in [5.74, 6) is -0.491. The second kappa shape index (κ2) is 6.99. The van der Waals surface area contributed by atoms with Crippen molar-refractivity contribution in [2.75, 3.05) is 13.2 Å². The van der Waals surface area contributed by atoms with E-state index in [2.05, 4.69) is 26.0 Å². The molecule has 0 radical (unpaired) electrons. The minimum atomic E-state index is -3.74. The summed E-state index contributed by atoms with van der Waals surface area (Å²) >= 11 is 3.21. The maximum atomic E-state index is 12.0. The summed E-state index contributed by atoms with van der Waals surface area (Å²) in [7, 11) is -3.74. The van der Waals surface area contributed by atoms with Crippen LogP contribution in [0.5, 0.6) is 0 Å². The first-order chi connectivity index (χ1) is 8.86. The van der Waals surface area contributed by atoms with Gasteiger partial charge in [-0.05, 0) is 31.2 Å². The van der Waals surface area contributed by atoms with Crippen LogP contribution in [0.1, 0.15) is 6.92 Å². The Morgan fingerprint density at radius 1 is 1.37 bits per heavy atom. The zero-order valence-corrected chi connectivity index (χ0v) is 12.7. The SMILES string of the molecule is C[C@@H](NS(=O)(=O)c1ccc(Br)cc1)C(=O)NCCO. The topological polar surface area (TPSA) is 95.5 Å². The minimum absolute atomic E-state index is 0.0810. The number of nitrogens with one attached hydrogen (secondary N) is 2. The Morgan fingerprint density at radius 3 is 2.47 bits per heavy atom. The third kappa shape index (κ3) is 4.90. The van der Waals surface area contributed by atoms with E-state index in [1.807, 2.05) is 0 Å². The molecule has 0 bridgehead atoms. The number of aliphatic hydroxyl groups excluding tert-OH is 1. The van der Waals surface area contributed by atoms with Gasteiger partial charge in [0.15, 0.2) is 0 Å². The molecule has 1 amide bonds. The second-order valence-electron chi connectivity index (χ2n) is 3.81. The molecule has 0 heterocycles. The van der Waals surface area contributed by atoms with Crippen LogP contribution in [-0.4, -0.2) is 38.6 Å². The quantitative estimate of drug-likeness (QED) is 0.684. The fraction of sp³-hybridized carbons (Fsp3) is 0.364. The van der Waals surface area contributed by atoms with Crippen molar-refractivity contribution in [3.63, 3.8) is 0 Å². The molecule has 0 aromatic heterocycles. The summed E-state index contributed by atoms with van der Waals surface area (Å²) in [5, 5.41) is 11.0. The fourth-order valence-electron chi connectivity index (χ4n) is 1.30. The Labute approximate surface area is 120 Å². The van der Waals surface area contributed by atoms with Gasteiger partial charge < -0.3 is 10.4 Å². The van der Waals surface area contributed by atoms with Crippen LogP contribution >= 0.6 is 15.9 Å². The molecule has 0 aliphatic rings. The monoisotopic (exact) mass is 350 g/mol. The molecule has 0 fully saturated rings. The molecule has 0 saturated carbocycles. The van der Waals surface area contributed by atoms with Crippen LogP contribution in [0.4, 0.5) is 0 Å². The van der Waals surface area contributed by atoms with Crippen LogP contribution in [0.25, 0.3) is 0 Å². The summed E-state index contributed by atoms with van der Waals surface area (Å²) in [4.78, 5) is 11.6.